The number of aryl methyl sites for hydroxylation is 2. The lowest BCUT2D eigenvalue weighted by Crippen LogP contribution is -2.16. The molecular weight excluding hydrogens is 536 g/mol. The zero-order valence-corrected chi connectivity index (χ0v) is 24.1. The molecule has 0 spiro atoms. The molecule has 0 aromatic heterocycles. The zero-order chi connectivity index (χ0) is 28.4. The second-order valence-electron chi connectivity index (χ2n) is 8.17. The molecule has 0 amide bonds. The molecule has 1 rings (SSSR count). The Morgan fingerprint density at radius 3 is 1.21 bits per heavy atom. The molecule has 13 heteroatoms. The highest BCUT2D eigenvalue weighted by Gasteiger charge is 2.17. The number of ether oxygens (including phenoxy) is 8. The van der Waals surface area contributed by atoms with Crippen molar-refractivity contribution < 1.29 is 55.6 Å². The van der Waals surface area contributed by atoms with Crippen molar-refractivity contribution in [2.45, 2.75) is 18.7 Å². The van der Waals surface area contributed by atoms with Crippen molar-refractivity contribution in [2.24, 2.45) is 0 Å². The molecule has 0 atom stereocenters. The number of aliphatic hydroxyl groups is 1. The van der Waals surface area contributed by atoms with Gasteiger partial charge in [0.1, 0.15) is 0 Å². The lowest BCUT2D eigenvalue weighted by atomic mass is 10.2. The van der Waals surface area contributed by atoms with Crippen molar-refractivity contribution in [1.82, 2.24) is 0 Å². The smallest absolute Gasteiger partial charge is 0.297 e. The molecule has 0 radical (unpaired) electrons. The fourth-order valence-corrected chi connectivity index (χ4v) is 4.15. The number of aliphatic hydroxyl groups excluding tert-OH is 1. The van der Waals surface area contributed by atoms with Gasteiger partial charge in [0.25, 0.3) is 10.1 Å². The van der Waals surface area contributed by atoms with Gasteiger partial charge in [-0.25, -0.2) is 0 Å². The molecule has 0 fully saturated rings. The van der Waals surface area contributed by atoms with E-state index in [4.69, 9.17) is 47.2 Å². The van der Waals surface area contributed by atoms with Gasteiger partial charge < -0.3 is 43.0 Å². The maximum Gasteiger partial charge on any atom is 0.297 e. The highest BCUT2D eigenvalue weighted by molar-refractivity contribution is 7.86. The van der Waals surface area contributed by atoms with Crippen LogP contribution in [0, 0.1) is 13.8 Å². The normalized spacial score (nSPS) is 11.9. The molecule has 1 aromatic carbocycles. The van der Waals surface area contributed by atoms with Gasteiger partial charge in [0, 0.05) is 0 Å². The zero-order valence-electron chi connectivity index (χ0n) is 23.3. The van der Waals surface area contributed by atoms with Crippen LogP contribution in [0.5, 0.6) is 0 Å². The summed E-state index contributed by atoms with van der Waals surface area (Å²) in [4.78, 5) is 0.174. The van der Waals surface area contributed by atoms with Gasteiger partial charge in [-0.2, -0.15) is 8.42 Å². The first kappa shape index (κ1) is 35.8. The first-order valence-electron chi connectivity index (χ1n) is 13.2. The standard InChI is InChI=1S/C26H46O12S/c1-24-3-4-26(25(2)23-24)39(28,29)38-22-21-37-20-19-36-18-17-35-16-15-34-14-13-33-12-11-32-10-9-31-8-7-30-6-5-27/h3-4,23,27H,5-22H2,1-2H3. The SMILES string of the molecule is Cc1ccc(S(=O)(=O)OCCOCCOCCOCCOCCOCCOCCOCCOCCO)c(C)c1. The van der Waals surface area contributed by atoms with E-state index in [1.54, 1.807) is 25.1 Å². The predicted octanol–water partition coefficient (Wildman–Crippen LogP) is 1.13. The first-order valence-corrected chi connectivity index (χ1v) is 14.6. The van der Waals surface area contributed by atoms with Gasteiger partial charge in [-0.05, 0) is 25.5 Å². The topological polar surface area (TPSA) is 137 Å². The summed E-state index contributed by atoms with van der Waals surface area (Å²) < 4.78 is 72.3. The number of hydrogen-bond donors (Lipinski definition) is 1. The van der Waals surface area contributed by atoms with E-state index in [1.807, 2.05) is 6.92 Å². The monoisotopic (exact) mass is 582 g/mol. The van der Waals surface area contributed by atoms with Gasteiger partial charge in [-0.15, -0.1) is 0 Å². The molecule has 1 aromatic rings. The van der Waals surface area contributed by atoms with Gasteiger partial charge in [-0.1, -0.05) is 17.7 Å². The van der Waals surface area contributed by atoms with Crippen molar-refractivity contribution in [2.75, 3.05) is 119 Å². The molecule has 12 nitrogen and oxygen atoms in total. The van der Waals surface area contributed by atoms with E-state index in [9.17, 15) is 8.42 Å². The summed E-state index contributed by atoms with van der Waals surface area (Å²) in [6.45, 7) is 10.4. The molecule has 0 aliphatic rings. The Kier molecular flexibility index (Phi) is 22.5. The molecule has 228 valence electrons. The van der Waals surface area contributed by atoms with Crippen LogP contribution >= 0.6 is 0 Å². The Bertz CT molecular complexity index is 806. The van der Waals surface area contributed by atoms with Crippen LogP contribution in [0.3, 0.4) is 0 Å². The summed E-state index contributed by atoms with van der Waals surface area (Å²) in [5, 5.41) is 8.56. The van der Waals surface area contributed by atoms with E-state index in [1.165, 1.54) is 0 Å². The van der Waals surface area contributed by atoms with Gasteiger partial charge in [0.05, 0.1) is 124 Å². The first-order chi connectivity index (χ1) is 19.0. The van der Waals surface area contributed by atoms with Crippen molar-refractivity contribution in [3.05, 3.63) is 29.3 Å². The van der Waals surface area contributed by atoms with Gasteiger partial charge >= 0.3 is 0 Å². The van der Waals surface area contributed by atoms with Crippen molar-refractivity contribution in [3.8, 4) is 0 Å². The Morgan fingerprint density at radius 2 is 0.872 bits per heavy atom. The van der Waals surface area contributed by atoms with Crippen LogP contribution in [-0.2, 0) is 52.2 Å². The lowest BCUT2D eigenvalue weighted by molar-refractivity contribution is -0.0242. The van der Waals surface area contributed by atoms with Crippen LogP contribution in [0.1, 0.15) is 11.1 Å². The van der Waals surface area contributed by atoms with Crippen LogP contribution in [-0.4, -0.2) is 132 Å². The predicted molar refractivity (Wildman–Crippen MR) is 143 cm³/mol. The van der Waals surface area contributed by atoms with Crippen LogP contribution in [0.15, 0.2) is 23.1 Å². The summed E-state index contributed by atoms with van der Waals surface area (Å²) in [5.74, 6) is 0. The van der Waals surface area contributed by atoms with Gasteiger partial charge in [-0.3, -0.25) is 4.18 Å². The van der Waals surface area contributed by atoms with E-state index in [0.717, 1.165) is 5.56 Å². The minimum Gasteiger partial charge on any atom is -0.394 e. The number of hydrogen-bond acceptors (Lipinski definition) is 12. The van der Waals surface area contributed by atoms with E-state index >= 15 is 0 Å². The summed E-state index contributed by atoms with van der Waals surface area (Å²) >= 11 is 0. The summed E-state index contributed by atoms with van der Waals surface area (Å²) in [5.41, 5.74) is 1.65. The molecular formula is C26H46O12S. The van der Waals surface area contributed by atoms with Crippen molar-refractivity contribution >= 4 is 10.1 Å². The Balaban J connectivity index is 1.77. The van der Waals surface area contributed by atoms with Gasteiger partial charge in [0.2, 0.25) is 0 Å². The fraction of sp³-hybridized carbons (Fsp3) is 0.769. The lowest BCUT2D eigenvalue weighted by Gasteiger charge is -2.10. The van der Waals surface area contributed by atoms with Crippen LogP contribution in [0.2, 0.25) is 0 Å². The second-order valence-corrected chi connectivity index (χ2v) is 9.75. The van der Waals surface area contributed by atoms with Crippen LogP contribution < -0.4 is 0 Å². The highest BCUT2D eigenvalue weighted by Crippen LogP contribution is 2.18. The number of benzene rings is 1. The molecule has 0 aliphatic heterocycles. The maximum absolute atomic E-state index is 12.3. The van der Waals surface area contributed by atoms with Crippen molar-refractivity contribution in [1.29, 1.82) is 0 Å². The third kappa shape index (κ3) is 20.3. The Labute approximate surface area is 232 Å². The molecule has 0 aliphatic carbocycles. The van der Waals surface area contributed by atoms with Crippen molar-refractivity contribution in [3.63, 3.8) is 0 Å². The fourth-order valence-electron chi connectivity index (χ4n) is 3.05. The van der Waals surface area contributed by atoms with E-state index in [0.29, 0.717) is 105 Å². The average molecular weight is 583 g/mol. The van der Waals surface area contributed by atoms with E-state index < -0.39 is 10.1 Å². The largest absolute Gasteiger partial charge is 0.394 e. The van der Waals surface area contributed by atoms with E-state index in [2.05, 4.69) is 0 Å². The third-order valence-electron chi connectivity index (χ3n) is 4.91. The summed E-state index contributed by atoms with van der Waals surface area (Å²) in [7, 11) is -3.80. The summed E-state index contributed by atoms with van der Waals surface area (Å²) in [6.07, 6.45) is 0. The van der Waals surface area contributed by atoms with E-state index in [-0.39, 0.29) is 24.7 Å². The number of rotatable bonds is 28. The Morgan fingerprint density at radius 1 is 0.538 bits per heavy atom. The minimum atomic E-state index is -3.80. The maximum atomic E-state index is 12.3. The molecule has 0 bridgehead atoms. The second kappa shape index (κ2) is 24.6. The quantitative estimate of drug-likeness (QED) is 0.112. The molecule has 0 unspecified atom stereocenters. The minimum absolute atomic E-state index is 0.0174. The third-order valence-corrected chi connectivity index (χ3v) is 6.38. The highest BCUT2D eigenvalue weighted by atomic mass is 32.2. The molecule has 0 saturated carbocycles. The average Bonchev–Trinajstić information content (AvgIpc) is 2.90. The van der Waals surface area contributed by atoms with Crippen LogP contribution in [0.25, 0.3) is 0 Å². The summed E-state index contributed by atoms with van der Waals surface area (Å²) in [6, 6.07) is 5.10. The molecule has 0 heterocycles. The molecule has 1 N–H and O–H groups in total. The van der Waals surface area contributed by atoms with Crippen LogP contribution in [0.4, 0.5) is 0 Å². The molecule has 39 heavy (non-hydrogen) atoms. The van der Waals surface area contributed by atoms with Gasteiger partial charge in [0.15, 0.2) is 0 Å². The Hall–Kier alpha value is -1.23. The molecule has 0 saturated heterocycles.